The lowest BCUT2D eigenvalue weighted by Gasteiger charge is -2.24. The van der Waals surface area contributed by atoms with E-state index in [0.29, 0.717) is 0 Å². The highest BCUT2D eigenvalue weighted by Gasteiger charge is 2.26. The van der Waals surface area contributed by atoms with Crippen molar-refractivity contribution >= 4 is 11.3 Å². The molecule has 1 aliphatic carbocycles. The lowest BCUT2D eigenvalue weighted by molar-refractivity contribution is 0.218. The molecule has 1 heterocycles. The highest BCUT2D eigenvalue weighted by molar-refractivity contribution is 7.10. The molecule has 78 valence electrons. The molecule has 0 atom stereocenters. The van der Waals surface area contributed by atoms with Gasteiger partial charge >= 0.3 is 0 Å². The summed E-state index contributed by atoms with van der Waals surface area (Å²) < 4.78 is 0. The molecule has 0 fully saturated rings. The molecular formula is C12H18OS. The summed E-state index contributed by atoms with van der Waals surface area (Å²) in [6.45, 7) is 4.50. The van der Waals surface area contributed by atoms with E-state index in [9.17, 15) is 5.11 Å². The first-order valence-electron chi connectivity index (χ1n) is 5.36. The Bertz CT molecular complexity index is 325. The molecule has 1 aromatic rings. The third kappa shape index (κ3) is 1.61. The van der Waals surface area contributed by atoms with Gasteiger partial charge in [-0.15, -0.1) is 11.3 Å². The van der Waals surface area contributed by atoms with Gasteiger partial charge in [-0.2, -0.15) is 0 Å². The van der Waals surface area contributed by atoms with Gasteiger partial charge in [0.15, 0.2) is 0 Å². The third-order valence-corrected chi connectivity index (χ3v) is 4.27. The van der Waals surface area contributed by atoms with E-state index in [1.165, 1.54) is 31.2 Å². The average Bonchev–Trinajstić information content (AvgIpc) is 2.61. The molecule has 14 heavy (non-hydrogen) atoms. The molecule has 1 aromatic heterocycles. The molecule has 0 saturated heterocycles. The number of hydrogen-bond donors (Lipinski definition) is 1. The lowest BCUT2D eigenvalue weighted by Crippen LogP contribution is -2.23. The van der Waals surface area contributed by atoms with Gasteiger partial charge in [-0.3, -0.25) is 0 Å². The summed E-state index contributed by atoms with van der Waals surface area (Å²) in [6.07, 6.45) is 5.13. The molecule has 1 N–H and O–H groups in total. The van der Waals surface area contributed by atoms with Crippen molar-refractivity contribution in [3.63, 3.8) is 0 Å². The second kappa shape index (κ2) is 3.67. The SMILES string of the molecule is CC(C)(CO)c1csc2c1CCCC2. The zero-order valence-corrected chi connectivity index (χ0v) is 9.78. The maximum absolute atomic E-state index is 9.37. The summed E-state index contributed by atoms with van der Waals surface area (Å²) in [4.78, 5) is 1.56. The van der Waals surface area contributed by atoms with E-state index in [0.717, 1.165) is 0 Å². The molecule has 0 radical (unpaired) electrons. The van der Waals surface area contributed by atoms with Gasteiger partial charge in [0, 0.05) is 10.3 Å². The second-order valence-corrected chi connectivity index (χ2v) is 5.76. The van der Waals surface area contributed by atoms with E-state index in [2.05, 4.69) is 19.2 Å². The minimum atomic E-state index is -0.0541. The third-order valence-electron chi connectivity index (χ3n) is 3.19. The van der Waals surface area contributed by atoms with Gasteiger partial charge in [-0.25, -0.2) is 0 Å². The highest BCUT2D eigenvalue weighted by atomic mass is 32.1. The predicted molar refractivity (Wildman–Crippen MR) is 61.1 cm³/mol. The van der Waals surface area contributed by atoms with Crippen LogP contribution in [-0.2, 0) is 18.3 Å². The number of fused-ring (bicyclic) bond motifs is 1. The fraction of sp³-hybridized carbons (Fsp3) is 0.667. The molecule has 0 bridgehead atoms. The molecule has 0 unspecified atom stereocenters. The number of hydrogen-bond acceptors (Lipinski definition) is 2. The molecule has 1 aliphatic rings. The van der Waals surface area contributed by atoms with E-state index in [-0.39, 0.29) is 12.0 Å². The minimum Gasteiger partial charge on any atom is -0.395 e. The first-order valence-corrected chi connectivity index (χ1v) is 6.24. The number of thiophene rings is 1. The molecule has 2 rings (SSSR count). The molecule has 0 aliphatic heterocycles. The first kappa shape index (κ1) is 10.2. The van der Waals surface area contributed by atoms with Crippen LogP contribution in [0.5, 0.6) is 0 Å². The van der Waals surface area contributed by atoms with Gasteiger partial charge < -0.3 is 5.11 Å². The summed E-state index contributed by atoms with van der Waals surface area (Å²) in [5.41, 5.74) is 2.88. The molecule has 0 aromatic carbocycles. The Morgan fingerprint density at radius 3 is 2.79 bits per heavy atom. The zero-order chi connectivity index (χ0) is 10.2. The topological polar surface area (TPSA) is 20.2 Å². The van der Waals surface area contributed by atoms with Gasteiger partial charge in [0.1, 0.15) is 0 Å². The van der Waals surface area contributed by atoms with Crippen LogP contribution in [-0.4, -0.2) is 11.7 Å². The van der Waals surface area contributed by atoms with Crippen molar-refractivity contribution in [1.29, 1.82) is 0 Å². The first-order chi connectivity index (χ1) is 6.65. The smallest absolute Gasteiger partial charge is 0.0523 e. The van der Waals surface area contributed by atoms with Crippen molar-refractivity contribution < 1.29 is 5.11 Å². The lowest BCUT2D eigenvalue weighted by atomic mass is 9.81. The van der Waals surface area contributed by atoms with Crippen molar-refractivity contribution in [1.82, 2.24) is 0 Å². The number of rotatable bonds is 2. The Morgan fingerprint density at radius 2 is 2.07 bits per heavy atom. The molecule has 0 spiro atoms. The minimum absolute atomic E-state index is 0.0541. The van der Waals surface area contributed by atoms with Crippen molar-refractivity contribution in [2.45, 2.75) is 44.9 Å². The number of aliphatic hydroxyl groups excluding tert-OH is 1. The predicted octanol–water partition coefficient (Wildman–Crippen LogP) is 2.90. The van der Waals surface area contributed by atoms with Crippen molar-refractivity contribution in [2.24, 2.45) is 0 Å². The Balaban J connectivity index is 2.39. The fourth-order valence-electron chi connectivity index (χ4n) is 2.15. The normalized spacial score (nSPS) is 16.8. The monoisotopic (exact) mass is 210 g/mol. The molecule has 0 amide bonds. The van der Waals surface area contributed by atoms with Crippen LogP contribution < -0.4 is 0 Å². The van der Waals surface area contributed by atoms with Crippen LogP contribution in [0.1, 0.15) is 42.7 Å². The summed E-state index contributed by atoms with van der Waals surface area (Å²) in [5, 5.41) is 11.6. The Morgan fingerprint density at radius 1 is 1.36 bits per heavy atom. The van der Waals surface area contributed by atoms with Crippen LogP contribution >= 0.6 is 11.3 Å². The molecular weight excluding hydrogens is 192 g/mol. The van der Waals surface area contributed by atoms with Crippen LogP contribution in [0, 0.1) is 0 Å². The van der Waals surface area contributed by atoms with Crippen LogP contribution in [0.25, 0.3) is 0 Å². The number of aryl methyl sites for hydroxylation is 1. The van der Waals surface area contributed by atoms with E-state index in [1.54, 1.807) is 10.4 Å². The van der Waals surface area contributed by atoms with Gasteiger partial charge in [-0.05, 0) is 42.2 Å². The highest BCUT2D eigenvalue weighted by Crippen LogP contribution is 2.36. The van der Waals surface area contributed by atoms with Crippen LogP contribution in [0.15, 0.2) is 5.38 Å². The van der Waals surface area contributed by atoms with Gasteiger partial charge in [0.05, 0.1) is 6.61 Å². The van der Waals surface area contributed by atoms with Crippen molar-refractivity contribution in [3.05, 3.63) is 21.4 Å². The van der Waals surface area contributed by atoms with Gasteiger partial charge in [0.2, 0.25) is 0 Å². The van der Waals surface area contributed by atoms with Crippen molar-refractivity contribution in [3.8, 4) is 0 Å². The zero-order valence-electron chi connectivity index (χ0n) is 8.97. The van der Waals surface area contributed by atoms with Gasteiger partial charge in [0.25, 0.3) is 0 Å². The fourth-order valence-corrected chi connectivity index (χ4v) is 3.48. The van der Waals surface area contributed by atoms with Crippen LogP contribution in [0.4, 0.5) is 0 Å². The standard InChI is InChI=1S/C12H18OS/c1-12(2,8-13)10-7-14-11-6-4-3-5-9(10)11/h7,13H,3-6,8H2,1-2H3. The Kier molecular flexibility index (Phi) is 2.67. The van der Waals surface area contributed by atoms with E-state index in [4.69, 9.17) is 0 Å². The quantitative estimate of drug-likeness (QED) is 0.796. The summed E-state index contributed by atoms with van der Waals surface area (Å²) in [5.74, 6) is 0. The van der Waals surface area contributed by atoms with Crippen LogP contribution in [0.2, 0.25) is 0 Å². The second-order valence-electron chi connectivity index (χ2n) is 4.80. The largest absolute Gasteiger partial charge is 0.395 e. The summed E-state index contributed by atoms with van der Waals surface area (Å²) in [6, 6.07) is 0. The molecule has 0 saturated carbocycles. The maximum Gasteiger partial charge on any atom is 0.0523 e. The Hall–Kier alpha value is -0.340. The summed E-state index contributed by atoms with van der Waals surface area (Å²) in [7, 11) is 0. The van der Waals surface area contributed by atoms with Crippen LogP contribution in [0.3, 0.4) is 0 Å². The molecule has 1 nitrogen and oxygen atoms in total. The number of aliphatic hydroxyl groups is 1. The Labute approximate surface area is 89.8 Å². The van der Waals surface area contributed by atoms with Gasteiger partial charge in [-0.1, -0.05) is 13.8 Å². The van der Waals surface area contributed by atoms with E-state index >= 15 is 0 Å². The van der Waals surface area contributed by atoms with E-state index in [1.807, 2.05) is 11.3 Å². The van der Waals surface area contributed by atoms with Crippen molar-refractivity contribution in [2.75, 3.05) is 6.61 Å². The average molecular weight is 210 g/mol. The maximum atomic E-state index is 9.37. The van der Waals surface area contributed by atoms with E-state index < -0.39 is 0 Å². The molecule has 2 heteroatoms. The summed E-state index contributed by atoms with van der Waals surface area (Å²) >= 11 is 1.88.